The van der Waals surface area contributed by atoms with Gasteiger partial charge in [0.2, 0.25) is 0 Å². The van der Waals surface area contributed by atoms with Gasteiger partial charge in [0, 0.05) is 31.4 Å². The Bertz CT molecular complexity index is 626. The molecule has 0 saturated carbocycles. The molecular formula is C16H20N4O2. The highest BCUT2D eigenvalue weighted by molar-refractivity contribution is 5.81. The number of hydrogen-bond acceptors (Lipinski definition) is 4. The second kappa shape index (κ2) is 6.72. The quantitative estimate of drug-likeness (QED) is 0.908. The molecule has 0 spiro atoms. The summed E-state index contributed by atoms with van der Waals surface area (Å²) >= 11 is 0. The second-order valence-corrected chi connectivity index (χ2v) is 5.47. The van der Waals surface area contributed by atoms with Crippen LogP contribution in [-0.4, -0.2) is 53.4 Å². The van der Waals surface area contributed by atoms with Crippen LogP contribution in [0.1, 0.15) is 5.56 Å². The van der Waals surface area contributed by atoms with E-state index in [1.54, 1.807) is 10.9 Å². The molecule has 2 heterocycles. The third kappa shape index (κ3) is 3.52. The molecule has 6 nitrogen and oxygen atoms in total. The average molecular weight is 300 g/mol. The number of rotatable bonds is 4. The predicted molar refractivity (Wildman–Crippen MR) is 82.6 cm³/mol. The third-order valence-corrected chi connectivity index (χ3v) is 3.69. The number of aromatic nitrogens is 2. The summed E-state index contributed by atoms with van der Waals surface area (Å²) in [4.78, 5) is 14.2. The van der Waals surface area contributed by atoms with E-state index in [-0.39, 0.29) is 12.0 Å². The zero-order valence-corrected chi connectivity index (χ0v) is 12.6. The number of carbonyl (C=O) groups excluding carboxylic acids is 1. The minimum absolute atomic E-state index is 0.0704. The Morgan fingerprint density at radius 2 is 2.23 bits per heavy atom. The van der Waals surface area contributed by atoms with Gasteiger partial charge in [0.15, 0.2) is 0 Å². The molecule has 0 radical (unpaired) electrons. The molecular weight excluding hydrogens is 280 g/mol. The van der Waals surface area contributed by atoms with E-state index in [9.17, 15) is 4.79 Å². The minimum Gasteiger partial charge on any atom is -0.366 e. The van der Waals surface area contributed by atoms with E-state index >= 15 is 0 Å². The van der Waals surface area contributed by atoms with Crippen LogP contribution in [0, 0.1) is 0 Å². The Hall–Kier alpha value is -2.18. The van der Waals surface area contributed by atoms with Gasteiger partial charge in [-0.1, -0.05) is 18.2 Å². The van der Waals surface area contributed by atoms with E-state index in [0.29, 0.717) is 19.7 Å². The zero-order chi connectivity index (χ0) is 15.4. The first-order chi connectivity index (χ1) is 10.7. The standard InChI is InChI=1S/C16H20N4O2/c1-19-7-8-22-15(12-19)16(21)17-9-13-10-18-20(11-13)14-5-3-2-4-6-14/h2-6,10-11,15H,7-9,12H2,1H3,(H,17,21). The Kier molecular flexibility index (Phi) is 4.50. The van der Waals surface area contributed by atoms with Crippen molar-refractivity contribution in [3.8, 4) is 5.69 Å². The van der Waals surface area contributed by atoms with Gasteiger partial charge in [-0.15, -0.1) is 0 Å². The van der Waals surface area contributed by atoms with Gasteiger partial charge in [-0.3, -0.25) is 4.79 Å². The van der Waals surface area contributed by atoms with Gasteiger partial charge in [-0.05, 0) is 19.2 Å². The molecule has 1 aromatic heterocycles. The number of hydrogen-bond donors (Lipinski definition) is 1. The van der Waals surface area contributed by atoms with E-state index in [2.05, 4.69) is 15.3 Å². The van der Waals surface area contributed by atoms with Gasteiger partial charge >= 0.3 is 0 Å². The fourth-order valence-corrected chi connectivity index (χ4v) is 2.41. The second-order valence-electron chi connectivity index (χ2n) is 5.47. The van der Waals surface area contributed by atoms with Crippen LogP contribution in [0.15, 0.2) is 42.7 Å². The van der Waals surface area contributed by atoms with Crippen LogP contribution in [0.5, 0.6) is 0 Å². The van der Waals surface area contributed by atoms with Crippen molar-refractivity contribution in [2.45, 2.75) is 12.6 Å². The normalized spacial score (nSPS) is 19.0. The summed E-state index contributed by atoms with van der Waals surface area (Å²) in [6.45, 7) is 2.55. The summed E-state index contributed by atoms with van der Waals surface area (Å²) in [6, 6.07) is 9.88. The van der Waals surface area contributed by atoms with Crippen molar-refractivity contribution in [2.75, 3.05) is 26.7 Å². The van der Waals surface area contributed by atoms with Gasteiger partial charge in [-0.2, -0.15) is 5.10 Å². The van der Waals surface area contributed by atoms with E-state index in [1.165, 1.54) is 0 Å². The first kappa shape index (κ1) is 14.7. The lowest BCUT2D eigenvalue weighted by molar-refractivity contribution is -0.137. The molecule has 1 saturated heterocycles. The molecule has 1 atom stereocenters. The highest BCUT2D eigenvalue weighted by Gasteiger charge is 2.24. The number of benzene rings is 1. The molecule has 1 aromatic carbocycles. The summed E-state index contributed by atoms with van der Waals surface area (Å²) < 4.78 is 7.30. The number of ether oxygens (including phenoxy) is 1. The lowest BCUT2D eigenvalue weighted by atomic mass is 10.2. The van der Waals surface area contributed by atoms with Crippen molar-refractivity contribution in [2.24, 2.45) is 0 Å². The van der Waals surface area contributed by atoms with Crippen molar-refractivity contribution >= 4 is 5.91 Å². The maximum atomic E-state index is 12.1. The van der Waals surface area contributed by atoms with Crippen molar-refractivity contribution in [3.05, 3.63) is 48.3 Å². The number of nitrogens with one attached hydrogen (secondary N) is 1. The van der Waals surface area contributed by atoms with Gasteiger partial charge in [0.05, 0.1) is 18.5 Å². The molecule has 1 aliphatic rings. The van der Waals surface area contributed by atoms with E-state index in [1.807, 2.05) is 43.6 Å². The molecule has 0 bridgehead atoms. The molecule has 1 aliphatic heterocycles. The molecule has 0 aliphatic carbocycles. The average Bonchev–Trinajstić information content (AvgIpc) is 3.02. The molecule has 1 unspecified atom stereocenters. The number of likely N-dealkylation sites (N-methyl/N-ethyl adjacent to an activating group) is 1. The van der Waals surface area contributed by atoms with Crippen LogP contribution < -0.4 is 5.32 Å². The maximum absolute atomic E-state index is 12.1. The number of para-hydroxylation sites is 1. The summed E-state index contributed by atoms with van der Waals surface area (Å²) in [6.07, 6.45) is 3.30. The minimum atomic E-state index is -0.386. The molecule has 116 valence electrons. The monoisotopic (exact) mass is 300 g/mol. The number of carbonyl (C=O) groups is 1. The SMILES string of the molecule is CN1CCOC(C(=O)NCc2cnn(-c3ccccc3)c2)C1. The van der Waals surface area contributed by atoms with Gasteiger partial charge < -0.3 is 15.0 Å². The van der Waals surface area contributed by atoms with Gasteiger partial charge in [-0.25, -0.2) is 4.68 Å². The van der Waals surface area contributed by atoms with Crippen LogP contribution in [-0.2, 0) is 16.1 Å². The first-order valence-electron chi connectivity index (χ1n) is 7.39. The maximum Gasteiger partial charge on any atom is 0.250 e. The highest BCUT2D eigenvalue weighted by Crippen LogP contribution is 2.08. The molecule has 22 heavy (non-hydrogen) atoms. The molecule has 6 heteroatoms. The number of amides is 1. The summed E-state index contributed by atoms with van der Waals surface area (Å²) in [5.74, 6) is -0.0704. The molecule has 3 rings (SSSR count). The fourth-order valence-electron chi connectivity index (χ4n) is 2.41. The Balaban J connectivity index is 1.56. The summed E-state index contributed by atoms with van der Waals surface area (Å²) in [5.41, 5.74) is 1.96. The van der Waals surface area contributed by atoms with Crippen LogP contribution in [0.25, 0.3) is 5.69 Å². The highest BCUT2D eigenvalue weighted by atomic mass is 16.5. The van der Waals surface area contributed by atoms with Crippen LogP contribution in [0.2, 0.25) is 0 Å². The zero-order valence-electron chi connectivity index (χ0n) is 12.6. The Morgan fingerprint density at radius 3 is 3.00 bits per heavy atom. The first-order valence-corrected chi connectivity index (χ1v) is 7.39. The van der Waals surface area contributed by atoms with E-state index < -0.39 is 0 Å². The lowest BCUT2D eigenvalue weighted by Crippen LogP contribution is -2.48. The molecule has 1 fully saturated rings. The lowest BCUT2D eigenvalue weighted by Gasteiger charge is -2.29. The van der Waals surface area contributed by atoms with Gasteiger partial charge in [0.25, 0.3) is 5.91 Å². The van der Waals surface area contributed by atoms with Crippen molar-refractivity contribution in [1.82, 2.24) is 20.0 Å². The Labute approximate surface area is 129 Å². The summed E-state index contributed by atoms with van der Waals surface area (Å²) in [7, 11) is 1.99. The number of nitrogens with zero attached hydrogens (tertiary/aromatic N) is 3. The summed E-state index contributed by atoms with van der Waals surface area (Å²) in [5, 5.41) is 7.22. The topological polar surface area (TPSA) is 59.4 Å². The largest absolute Gasteiger partial charge is 0.366 e. The van der Waals surface area contributed by atoms with E-state index in [0.717, 1.165) is 17.8 Å². The van der Waals surface area contributed by atoms with Crippen LogP contribution in [0.3, 0.4) is 0 Å². The van der Waals surface area contributed by atoms with Crippen molar-refractivity contribution in [1.29, 1.82) is 0 Å². The predicted octanol–water partition coefficient (Wildman–Crippen LogP) is 0.819. The van der Waals surface area contributed by atoms with Crippen LogP contribution in [0.4, 0.5) is 0 Å². The van der Waals surface area contributed by atoms with Crippen LogP contribution >= 0.6 is 0 Å². The van der Waals surface area contributed by atoms with Crippen molar-refractivity contribution < 1.29 is 9.53 Å². The van der Waals surface area contributed by atoms with Gasteiger partial charge in [0.1, 0.15) is 6.10 Å². The third-order valence-electron chi connectivity index (χ3n) is 3.69. The molecule has 1 amide bonds. The number of morpholine rings is 1. The van der Waals surface area contributed by atoms with E-state index in [4.69, 9.17) is 4.74 Å². The smallest absolute Gasteiger partial charge is 0.250 e. The Morgan fingerprint density at radius 1 is 1.41 bits per heavy atom. The molecule has 1 N–H and O–H groups in total. The fraction of sp³-hybridized carbons (Fsp3) is 0.375. The van der Waals surface area contributed by atoms with Crippen molar-refractivity contribution in [3.63, 3.8) is 0 Å². The molecule has 2 aromatic rings.